The second-order valence-electron chi connectivity index (χ2n) is 8.51. The quantitative estimate of drug-likeness (QED) is 0.141. The van der Waals surface area contributed by atoms with E-state index in [2.05, 4.69) is 11.9 Å². The number of benzene rings is 3. The van der Waals surface area contributed by atoms with Crippen LogP contribution in [0, 0.1) is 24.0 Å². The number of nitrogens with zero attached hydrogens (tertiary/aromatic N) is 1. The number of anilines is 1. The molecule has 3 aromatic carbocycles. The van der Waals surface area contributed by atoms with Crippen LogP contribution >= 0.6 is 0 Å². The van der Waals surface area contributed by atoms with Crippen LogP contribution in [0.3, 0.4) is 0 Å². The van der Waals surface area contributed by atoms with E-state index >= 15 is 0 Å². The Morgan fingerprint density at radius 1 is 1.03 bits per heavy atom. The summed E-state index contributed by atoms with van der Waals surface area (Å²) >= 11 is 0. The monoisotopic (exact) mass is 498 g/mol. The molecule has 4 rings (SSSR count). The van der Waals surface area contributed by atoms with Gasteiger partial charge in [-0.25, -0.2) is 0 Å². The molecule has 0 spiro atoms. The van der Waals surface area contributed by atoms with Gasteiger partial charge in [-0.3, -0.25) is 14.9 Å². The van der Waals surface area contributed by atoms with Gasteiger partial charge in [0.05, 0.1) is 16.7 Å². The van der Waals surface area contributed by atoms with Gasteiger partial charge in [-0.05, 0) is 67.3 Å². The third kappa shape index (κ3) is 6.64. The Labute approximate surface area is 214 Å². The molecule has 0 atom stereocenters. The molecular weight excluding hydrogens is 472 g/mol. The predicted octanol–water partition coefficient (Wildman–Crippen LogP) is 7.16. The largest absolute Gasteiger partial charge is 0.485 e. The predicted molar refractivity (Wildman–Crippen MR) is 140 cm³/mol. The molecule has 0 radical (unpaired) electrons. The van der Waals surface area contributed by atoms with Gasteiger partial charge in [0.25, 0.3) is 11.6 Å². The number of carbonyl (C=O) groups is 1. The fourth-order valence-electron chi connectivity index (χ4n) is 3.84. The summed E-state index contributed by atoms with van der Waals surface area (Å²) in [6.45, 7) is 7.75. The Balaban J connectivity index is 1.47. The lowest BCUT2D eigenvalue weighted by molar-refractivity contribution is -0.384. The van der Waals surface area contributed by atoms with E-state index in [9.17, 15) is 14.9 Å². The fourth-order valence-corrected chi connectivity index (χ4v) is 3.84. The number of ether oxygens (including phenoxy) is 2. The van der Waals surface area contributed by atoms with Gasteiger partial charge in [0, 0.05) is 12.1 Å². The number of hydrogen-bond donors (Lipinski definition) is 1. The van der Waals surface area contributed by atoms with Crippen molar-refractivity contribution in [1.29, 1.82) is 0 Å². The molecule has 37 heavy (non-hydrogen) atoms. The van der Waals surface area contributed by atoms with Crippen LogP contribution in [0.5, 0.6) is 17.2 Å². The zero-order chi connectivity index (χ0) is 26.4. The molecule has 0 unspecified atom stereocenters. The number of nitro groups is 1. The number of non-ortho nitro benzene ring substituents is 1. The van der Waals surface area contributed by atoms with Crippen LogP contribution in [-0.2, 0) is 13.0 Å². The van der Waals surface area contributed by atoms with Crippen LogP contribution in [0.15, 0.2) is 89.9 Å². The molecule has 0 saturated carbocycles. The number of allylic oxidation sites excluding steroid dienone is 1. The standard InChI is InChI=1S/C29H26N2O6/c1-4-7-21-8-5-6-9-27(21)35-18-24-10-11-28(37-24)29(32)30-22-15-23(31(33)34)17-26(16-22)36-25-13-19(2)12-20(3)14-25/h4-6,8-17H,1,7,18H2,2-3H3,(H,30,32). The maximum atomic E-state index is 12.8. The van der Waals surface area contributed by atoms with Gasteiger partial charge >= 0.3 is 0 Å². The SMILES string of the molecule is C=CCc1ccccc1OCc1ccc(C(=O)Nc2cc(Oc3cc(C)cc(C)c3)cc([N+](=O)[O-])c2)o1. The molecule has 0 fully saturated rings. The number of aryl methyl sites for hydroxylation is 2. The summed E-state index contributed by atoms with van der Waals surface area (Å²) in [5.41, 5.74) is 2.97. The maximum absolute atomic E-state index is 12.8. The van der Waals surface area contributed by atoms with Crippen molar-refractivity contribution in [3.8, 4) is 17.2 Å². The molecule has 0 saturated heterocycles. The van der Waals surface area contributed by atoms with Crippen molar-refractivity contribution in [2.75, 3.05) is 5.32 Å². The van der Waals surface area contributed by atoms with Crippen molar-refractivity contribution in [3.63, 3.8) is 0 Å². The Hall–Kier alpha value is -4.85. The second-order valence-corrected chi connectivity index (χ2v) is 8.51. The van der Waals surface area contributed by atoms with Crippen molar-refractivity contribution in [1.82, 2.24) is 0 Å². The number of furan rings is 1. The van der Waals surface area contributed by atoms with E-state index in [0.717, 1.165) is 16.7 Å². The van der Waals surface area contributed by atoms with Gasteiger partial charge in [-0.1, -0.05) is 30.3 Å². The summed E-state index contributed by atoms with van der Waals surface area (Å²) in [6.07, 6.45) is 2.46. The van der Waals surface area contributed by atoms with E-state index in [-0.39, 0.29) is 29.5 Å². The summed E-state index contributed by atoms with van der Waals surface area (Å²) < 4.78 is 17.4. The first kappa shape index (κ1) is 25.2. The van der Waals surface area contributed by atoms with Gasteiger partial charge in [-0.15, -0.1) is 6.58 Å². The van der Waals surface area contributed by atoms with Gasteiger partial charge in [0.2, 0.25) is 0 Å². The van der Waals surface area contributed by atoms with Gasteiger partial charge in [0.15, 0.2) is 5.76 Å². The zero-order valence-corrected chi connectivity index (χ0v) is 20.5. The number of hydrogen-bond acceptors (Lipinski definition) is 6. The topological polar surface area (TPSA) is 104 Å². The van der Waals surface area contributed by atoms with Crippen LogP contribution in [-0.4, -0.2) is 10.8 Å². The van der Waals surface area contributed by atoms with Crippen molar-refractivity contribution < 1.29 is 23.6 Å². The molecule has 0 aliphatic rings. The Morgan fingerprint density at radius 3 is 2.49 bits per heavy atom. The number of nitrogens with one attached hydrogen (secondary N) is 1. The highest BCUT2D eigenvalue weighted by molar-refractivity contribution is 6.02. The van der Waals surface area contributed by atoms with Gasteiger partial charge < -0.3 is 19.2 Å². The number of carbonyl (C=O) groups excluding carboxylic acids is 1. The molecule has 1 heterocycles. The normalized spacial score (nSPS) is 10.5. The third-order valence-corrected chi connectivity index (χ3v) is 5.38. The van der Waals surface area contributed by atoms with Crippen molar-refractivity contribution in [3.05, 3.63) is 124 Å². The highest BCUT2D eigenvalue weighted by Gasteiger charge is 2.17. The summed E-state index contributed by atoms with van der Waals surface area (Å²) in [5.74, 6) is 1.41. The van der Waals surface area contributed by atoms with Gasteiger partial charge in [-0.2, -0.15) is 0 Å². The van der Waals surface area contributed by atoms with E-state index in [1.54, 1.807) is 12.1 Å². The minimum Gasteiger partial charge on any atom is -0.485 e. The average Bonchev–Trinajstić information content (AvgIpc) is 3.32. The van der Waals surface area contributed by atoms with Crippen LogP contribution in [0.2, 0.25) is 0 Å². The summed E-state index contributed by atoms with van der Waals surface area (Å²) in [6, 6.07) is 20.5. The van der Waals surface area contributed by atoms with E-state index in [4.69, 9.17) is 13.9 Å². The second kappa shape index (κ2) is 11.3. The molecule has 8 heteroatoms. The molecule has 188 valence electrons. The molecule has 1 amide bonds. The highest BCUT2D eigenvalue weighted by atomic mass is 16.6. The highest BCUT2D eigenvalue weighted by Crippen LogP contribution is 2.31. The van der Waals surface area contributed by atoms with E-state index in [1.165, 1.54) is 24.3 Å². The molecule has 1 N–H and O–H groups in total. The van der Waals surface area contributed by atoms with E-state index in [0.29, 0.717) is 23.7 Å². The van der Waals surface area contributed by atoms with Crippen LogP contribution in [0.4, 0.5) is 11.4 Å². The summed E-state index contributed by atoms with van der Waals surface area (Å²) in [4.78, 5) is 23.7. The molecule has 0 bridgehead atoms. The van der Waals surface area contributed by atoms with Crippen LogP contribution < -0.4 is 14.8 Å². The molecule has 8 nitrogen and oxygen atoms in total. The van der Waals surface area contributed by atoms with Crippen molar-refractivity contribution >= 4 is 17.3 Å². The Kier molecular flexibility index (Phi) is 7.68. The Morgan fingerprint density at radius 2 is 1.76 bits per heavy atom. The smallest absolute Gasteiger partial charge is 0.291 e. The van der Waals surface area contributed by atoms with E-state index in [1.807, 2.05) is 56.3 Å². The molecule has 1 aromatic heterocycles. The molecule has 0 aliphatic carbocycles. The first-order valence-corrected chi connectivity index (χ1v) is 11.6. The van der Waals surface area contributed by atoms with Crippen LogP contribution in [0.1, 0.15) is 33.0 Å². The first-order chi connectivity index (χ1) is 17.8. The Bertz CT molecular complexity index is 1440. The number of para-hydroxylation sites is 1. The zero-order valence-electron chi connectivity index (χ0n) is 20.5. The fraction of sp³-hybridized carbons (Fsp3) is 0.138. The van der Waals surface area contributed by atoms with Crippen LogP contribution in [0.25, 0.3) is 0 Å². The third-order valence-electron chi connectivity index (χ3n) is 5.38. The van der Waals surface area contributed by atoms with Crippen molar-refractivity contribution in [2.24, 2.45) is 0 Å². The maximum Gasteiger partial charge on any atom is 0.291 e. The summed E-state index contributed by atoms with van der Waals surface area (Å²) in [5, 5.41) is 14.1. The van der Waals surface area contributed by atoms with Crippen molar-refractivity contribution in [2.45, 2.75) is 26.9 Å². The molecule has 0 aliphatic heterocycles. The average molecular weight is 499 g/mol. The molecule has 4 aromatic rings. The first-order valence-electron chi connectivity index (χ1n) is 11.6. The minimum absolute atomic E-state index is 0.0428. The van der Waals surface area contributed by atoms with E-state index < -0.39 is 10.8 Å². The lowest BCUT2D eigenvalue weighted by Gasteiger charge is -2.10. The number of amides is 1. The summed E-state index contributed by atoms with van der Waals surface area (Å²) in [7, 11) is 0. The minimum atomic E-state index is -0.559. The number of nitro benzene ring substituents is 1. The number of rotatable bonds is 10. The molecular formula is C29H26N2O6. The lowest BCUT2D eigenvalue weighted by Crippen LogP contribution is -2.11. The van der Waals surface area contributed by atoms with Gasteiger partial charge in [0.1, 0.15) is 29.6 Å². The lowest BCUT2D eigenvalue weighted by atomic mass is 10.1.